The van der Waals surface area contributed by atoms with Crippen molar-refractivity contribution in [3.05, 3.63) is 54.1 Å². The number of ether oxygens (including phenoxy) is 1. The number of hydrogen-bond acceptors (Lipinski definition) is 5. The number of rotatable bonds is 9. The number of anilines is 1. The van der Waals surface area contributed by atoms with E-state index in [1.165, 1.54) is 55.6 Å². The molecule has 0 bridgehead atoms. The van der Waals surface area contributed by atoms with E-state index in [1.807, 2.05) is 0 Å². The molecule has 0 heterocycles. The minimum atomic E-state index is -3.95. The highest BCUT2D eigenvalue weighted by Crippen LogP contribution is 2.27. The molecule has 0 aliphatic heterocycles. The number of sulfonamides is 1. The maximum absolute atomic E-state index is 12.6. The van der Waals surface area contributed by atoms with Crippen LogP contribution in [0.2, 0.25) is 0 Å². The molecular formula is C18H20F2N2O4S2. The van der Waals surface area contributed by atoms with Gasteiger partial charge in [0.2, 0.25) is 0 Å². The van der Waals surface area contributed by atoms with Crippen LogP contribution in [-0.2, 0) is 14.8 Å². The SMILES string of the molecule is COCC(C)NC(=O)c1cccc(S(=O)(=O)Nc2ccc(SC(F)F)cc2)c1. The molecule has 0 aliphatic rings. The normalized spacial score (nSPS) is 12.6. The van der Waals surface area contributed by atoms with E-state index in [0.717, 1.165) is 0 Å². The Labute approximate surface area is 166 Å². The first-order valence-electron chi connectivity index (χ1n) is 8.19. The minimum Gasteiger partial charge on any atom is -0.383 e. The van der Waals surface area contributed by atoms with Gasteiger partial charge in [-0.05, 0) is 49.4 Å². The van der Waals surface area contributed by atoms with Gasteiger partial charge >= 0.3 is 0 Å². The largest absolute Gasteiger partial charge is 0.383 e. The van der Waals surface area contributed by atoms with Crippen molar-refractivity contribution in [3.8, 4) is 0 Å². The number of thioether (sulfide) groups is 1. The smallest absolute Gasteiger partial charge is 0.288 e. The number of nitrogens with one attached hydrogen (secondary N) is 2. The predicted octanol–water partition coefficient (Wildman–Crippen LogP) is 3.57. The highest BCUT2D eigenvalue weighted by Gasteiger charge is 2.17. The fourth-order valence-electron chi connectivity index (χ4n) is 2.32. The first-order chi connectivity index (χ1) is 13.2. The lowest BCUT2D eigenvalue weighted by Gasteiger charge is -2.13. The van der Waals surface area contributed by atoms with E-state index < -0.39 is 21.7 Å². The molecule has 1 amide bonds. The number of halogens is 2. The van der Waals surface area contributed by atoms with Gasteiger partial charge in [-0.25, -0.2) is 8.42 Å². The zero-order chi connectivity index (χ0) is 20.7. The Balaban J connectivity index is 2.14. The molecule has 2 rings (SSSR count). The summed E-state index contributed by atoms with van der Waals surface area (Å²) in [6, 6.07) is 10.9. The molecule has 0 radical (unpaired) electrons. The van der Waals surface area contributed by atoms with Crippen LogP contribution in [0, 0.1) is 0 Å². The summed E-state index contributed by atoms with van der Waals surface area (Å²) in [6.45, 7) is 2.09. The molecule has 152 valence electrons. The molecule has 28 heavy (non-hydrogen) atoms. The van der Waals surface area contributed by atoms with Gasteiger partial charge in [-0.15, -0.1) is 0 Å². The van der Waals surface area contributed by atoms with Crippen molar-refractivity contribution < 1.29 is 26.7 Å². The first-order valence-corrected chi connectivity index (χ1v) is 10.5. The van der Waals surface area contributed by atoms with Crippen LogP contribution in [0.1, 0.15) is 17.3 Å². The molecule has 1 unspecified atom stereocenters. The zero-order valence-electron chi connectivity index (χ0n) is 15.2. The van der Waals surface area contributed by atoms with Crippen LogP contribution in [0.5, 0.6) is 0 Å². The van der Waals surface area contributed by atoms with Crippen LogP contribution in [-0.4, -0.2) is 39.8 Å². The van der Waals surface area contributed by atoms with Gasteiger partial charge in [0.1, 0.15) is 0 Å². The van der Waals surface area contributed by atoms with E-state index in [9.17, 15) is 22.0 Å². The van der Waals surface area contributed by atoms with Crippen molar-refractivity contribution in [2.24, 2.45) is 0 Å². The molecule has 2 aromatic carbocycles. The van der Waals surface area contributed by atoms with Crippen LogP contribution in [0.15, 0.2) is 58.3 Å². The van der Waals surface area contributed by atoms with Crippen molar-refractivity contribution >= 4 is 33.4 Å². The minimum absolute atomic E-state index is 0.0921. The molecule has 2 aromatic rings. The van der Waals surface area contributed by atoms with Crippen LogP contribution < -0.4 is 10.0 Å². The average molecular weight is 430 g/mol. The monoisotopic (exact) mass is 430 g/mol. The Bertz CT molecular complexity index is 906. The lowest BCUT2D eigenvalue weighted by molar-refractivity contribution is 0.0905. The molecule has 6 nitrogen and oxygen atoms in total. The van der Waals surface area contributed by atoms with Crippen molar-refractivity contribution in [3.63, 3.8) is 0 Å². The lowest BCUT2D eigenvalue weighted by atomic mass is 10.2. The fraction of sp³-hybridized carbons (Fsp3) is 0.278. The van der Waals surface area contributed by atoms with Gasteiger partial charge in [0.25, 0.3) is 21.7 Å². The third-order valence-corrected chi connectivity index (χ3v) is 5.63. The molecular weight excluding hydrogens is 410 g/mol. The number of carbonyl (C=O) groups is 1. The molecule has 0 aliphatic carbocycles. The van der Waals surface area contributed by atoms with E-state index in [0.29, 0.717) is 23.3 Å². The highest BCUT2D eigenvalue weighted by atomic mass is 32.2. The Morgan fingerprint density at radius 2 is 1.86 bits per heavy atom. The zero-order valence-corrected chi connectivity index (χ0v) is 16.8. The molecule has 0 saturated carbocycles. The Hall–Kier alpha value is -2.17. The van der Waals surface area contributed by atoms with E-state index in [-0.39, 0.29) is 22.2 Å². The Morgan fingerprint density at radius 1 is 1.18 bits per heavy atom. The molecule has 10 heteroatoms. The second kappa shape index (κ2) is 9.85. The fourth-order valence-corrected chi connectivity index (χ4v) is 3.92. The van der Waals surface area contributed by atoms with Crippen molar-refractivity contribution in [1.29, 1.82) is 0 Å². The number of alkyl halides is 2. The summed E-state index contributed by atoms with van der Waals surface area (Å²) in [4.78, 5) is 12.5. The van der Waals surface area contributed by atoms with E-state index in [4.69, 9.17) is 4.74 Å². The van der Waals surface area contributed by atoms with Crippen molar-refractivity contribution in [1.82, 2.24) is 5.32 Å². The van der Waals surface area contributed by atoms with E-state index in [1.54, 1.807) is 6.92 Å². The summed E-state index contributed by atoms with van der Waals surface area (Å²) in [7, 11) is -2.44. The van der Waals surface area contributed by atoms with Gasteiger partial charge in [0, 0.05) is 29.3 Å². The number of carbonyl (C=O) groups excluding carboxylic acids is 1. The number of methoxy groups -OCH3 is 1. The third kappa shape index (κ3) is 6.47. The molecule has 0 spiro atoms. The lowest BCUT2D eigenvalue weighted by Crippen LogP contribution is -2.35. The molecule has 0 aromatic heterocycles. The molecule has 0 fully saturated rings. The topological polar surface area (TPSA) is 84.5 Å². The van der Waals surface area contributed by atoms with E-state index in [2.05, 4.69) is 10.0 Å². The summed E-state index contributed by atoms with van der Waals surface area (Å²) in [6.07, 6.45) is 0. The van der Waals surface area contributed by atoms with Gasteiger partial charge in [0.15, 0.2) is 0 Å². The number of hydrogen-bond donors (Lipinski definition) is 2. The summed E-state index contributed by atoms with van der Waals surface area (Å²) < 4.78 is 57.2. The summed E-state index contributed by atoms with van der Waals surface area (Å²) in [5.74, 6) is -2.97. The number of benzene rings is 2. The molecule has 0 saturated heterocycles. The summed E-state index contributed by atoms with van der Waals surface area (Å²) >= 11 is 0.371. The predicted molar refractivity (Wildman–Crippen MR) is 104 cm³/mol. The summed E-state index contributed by atoms with van der Waals surface area (Å²) in [5, 5.41) is 2.70. The van der Waals surface area contributed by atoms with Crippen LogP contribution >= 0.6 is 11.8 Å². The van der Waals surface area contributed by atoms with Crippen molar-refractivity contribution in [2.45, 2.75) is 28.5 Å². The van der Waals surface area contributed by atoms with Gasteiger partial charge in [-0.2, -0.15) is 8.78 Å². The maximum atomic E-state index is 12.6. The van der Waals surface area contributed by atoms with Crippen molar-refractivity contribution in [2.75, 3.05) is 18.4 Å². The summed E-state index contributed by atoms with van der Waals surface area (Å²) in [5.41, 5.74) is 0.414. The Kier molecular flexibility index (Phi) is 7.78. The van der Waals surface area contributed by atoms with Gasteiger partial charge < -0.3 is 10.1 Å². The second-order valence-corrected chi connectivity index (χ2v) is 8.61. The van der Waals surface area contributed by atoms with Gasteiger partial charge in [-0.1, -0.05) is 17.8 Å². The first kappa shape index (κ1) is 22.1. The third-order valence-electron chi connectivity index (χ3n) is 3.53. The molecule has 1 atom stereocenters. The van der Waals surface area contributed by atoms with Crippen LogP contribution in [0.4, 0.5) is 14.5 Å². The number of amides is 1. The quantitative estimate of drug-likeness (QED) is 0.594. The van der Waals surface area contributed by atoms with Crippen LogP contribution in [0.3, 0.4) is 0 Å². The maximum Gasteiger partial charge on any atom is 0.288 e. The standard InChI is InChI=1S/C18H20F2N2O4S2/c1-12(11-26-2)21-17(23)13-4-3-5-16(10-13)28(24,25)22-14-6-8-15(9-7-14)27-18(19)20/h3-10,12,18,22H,11H2,1-2H3,(H,21,23). The highest BCUT2D eigenvalue weighted by molar-refractivity contribution is 7.99. The average Bonchev–Trinajstić information content (AvgIpc) is 2.63. The molecule has 2 N–H and O–H groups in total. The van der Waals surface area contributed by atoms with Crippen LogP contribution in [0.25, 0.3) is 0 Å². The Morgan fingerprint density at radius 3 is 2.46 bits per heavy atom. The van der Waals surface area contributed by atoms with E-state index >= 15 is 0 Å². The van der Waals surface area contributed by atoms with Gasteiger partial charge in [-0.3, -0.25) is 9.52 Å². The van der Waals surface area contributed by atoms with Gasteiger partial charge in [0.05, 0.1) is 11.5 Å². The second-order valence-electron chi connectivity index (χ2n) is 5.87.